The second-order valence-corrected chi connectivity index (χ2v) is 8.93. The smallest absolute Gasteiger partial charge is 0.237 e. The van der Waals surface area contributed by atoms with E-state index < -0.39 is 10.0 Å². The number of likely N-dealkylation sites (N-methyl/N-ethyl adjacent to an activating group) is 1. The lowest BCUT2D eigenvalue weighted by Gasteiger charge is -2.19. The largest absolute Gasteiger partial charge is 0.481 e. The predicted octanol–water partition coefficient (Wildman–Crippen LogP) is 2.02. The van der Waals surface area contributed by atoms with Crippen LogP contribution in [0.2, 0.25) is 0 Å². The first kappa shape index (κ1) is 19.4. The Balaban J connectivity index is 1.83. The van der Waals surface area contributed by atoms with E-state index in [9.17, 15) is 8.42 Å². The standard InChI is InChI=1S/C20H23N5O3S/c1-23-10-11-24(29(26,27)13-12-23)19-14-18(16-6-4-3-5-7-16)25(22-19)17-8-9-20(28-2)21-15-17/h3-9,14-15H,10-13H2,1-2H3. The van der Waals surface area contributed by atoms with Crippen molar-refractivity contribution in [1.82, 2.24) is 19.7 Å². The molecule has 0 N–H and O–H groups in total. The highest BCUT2D eigenvalue weighted by Gasteiger charge is 2.29. The first-order valence-corrected chi connectivity index (χ1v) is 10.9. The minimum Gasteiger partial charge on any atom is -0.481 e. The van der Waals surface area contributed by atoms with E-state index >= 15 is 0 Å². The average molecular weight is 414 g/mol. The van der Waals surface area contributed by atoms with E-state index in [4.69, 9.17) is 4.74 Å². The van der Waals surface area contributed by atoms with Gasteiger partial charge in [0.25, 0.3) is 0 Å². The highest BCUT2D eigenvalue weighted by molar-refractivity contribution is 7.92. The summed E-state index contributed by atoms with van der Waals surface area (Å²) < 4.78 is 34.0. The molecule has 0 aliphatic carbocycles. The van der Waals surface area contributed by atoms with Gasteiger partial charge in [-0.2, -0.15) is 0 Å². The molecule has 3 aromatic rings. The van der Waals surface area contributed by atoms with Crippen LogP contribution in [-0.2, 0) is 10.0 Å². The molecule has 1 saturated heterocycles. The van der Waals surface area contributed by atoms with E-state index in [2.05, 4.69) is 10.1 Å². The molecule has 1 aliphatic rings. The summed E-state index contributed by atoms with van der Waals surface area (Å²) in [6.07, 6.45) is 1.66. The second-order valence-electron chi connectivity index (χ2n) is 6.92. The van der Waals surface area contributed by atoms with Gasteiger partial charge in [-0.25, -0.2) is 18.1 Å². The number of benzene rings is 1. The van der Waals surface area contributed by atoms with Gasteiger partial charge in [-0.1, -0.05) is 30.3 Å². The van der Waals surface area contributed by atoms with E-state index in [-0.39, 0.29) is 5.75 Å². The molecule has 8 nitrogen and oxygen atoms in total. The number of nitrogens with zero attached hydrogens (tertiary/aromatic N) is 5. The normalized spacial score (nSPS) is 17.1. The van der Waals surface area contributed by atoms with Crippen molar-refractivity contribution in [3.05, 3.63) is 54.7 Å². The van der Waals surface area contributed by atoms with Crippen LogP contribution in [0.25, 0.3) is 16.9 Å². The van der Waals surface area contributed by atoms with E-state index in [0.29, 0.717) is 31.3 Å². The molecule has 0 saturated carbocycles. The molecule has 0 amide bonds. The fourth-order valence-electron chi connectivity index (χ4n) is 3.27. The zero-order valence-electron chi connectivity index (χ0n) is 16.4. The maximum atomic E-state index is 12.8. The lowest BCUT2D eigenvalue weighted by molar-refractivity contribution is 0.371. The average Bonchev–Trinajstić information content (AvgIpc) is 3.12. The Bertz CT molecular complexity index is 1080. The molecule has 1 aliphatic heterocycles. The van der Waals surface area contributed by atoms with Gasteiger partial charge in [-0.05, 0) is 13.1 Å². The van der Waals surface area contributed by atoms with Gasteiger partial charge >= 0.3 is 0 Å². The van der Waals surface area contributed by atoms with Crippen LogP contribution in [-0.4, -0.2) is 67.6 Å². The van der Waals surface area contributed by atoms with Crippen LogP contribution >= 0.6 is 0 Å². The number of pyridine rings is 1. The first-order chi connectivity index (χ1) is 14.0. The molecule has 0 atom stereocenters. The first-order valence-electron chi connectivity index (χ1n) is 9.33. The molecule has 0 bridgehead atoms. The fraction of sp³-hybridized carbons (Fsp3) is 0.300. The van der Waals surface area contributed by atoms with E-state index in [1.54, 1.807) is 24.1 Å². The van der Waals surface area contributed by atoms with Crippen molar-refractivity contribution in [3.8, 4) is 22.8 Å². The summed E-state index contributed by atoms with van der Waals surface area (Å²) in [6.45, 7) is 1.52. The number of aromatic nitrogens is 3. The number of rotatable bonds is 4. The number of anilines is 1. The summed E-state index contributed by atoms with van der Waals surface area (Å²) in [7, 11) is 0.0425. The Morgan fingerprint density at radius 3 is 2.52 bits per heavy atom. The van der Waals surface area contributed by atoms with Crippen molar-refractivity contribution in [1.29, 1.82) is 0 Å². The Morgan fingerprint density at radius 1 is 1.03 bits per heavy atom. The lowest BCUT2D eigenvalue weighted by atomic mass is 10.1. The Hall–Kier alpha value is -2.91. The van der Waals surface area contributed by atoms with E-state index in [0.717, 1.165) is 16.9 Å². The van der Waals surface area contributed by atoms with Gasteiger partial charge in [0.2, 0.25) is 15.9 Å². The van der Waals surface area contributed by atoms with Crippen molar-refractivity contribution in [3.63, 3.8) is 0 Å². The van der Waals surface area contributed by atoms with Gasteiger partial charge < -0.3 is 9.64 Å². The predicted molar refractivity (Wildman–Crippen MR) is 112 cm³/mol. The third-order valence-corrected chi connectivity index (χ3v) is 6.69. The van der Waals surface area contributed by atoms with Crippen LogP contribution in [0.1, 0.15) is 0 Å². The van der Waals surface area contributed by atoms with Gasteiger partial charge in [0.15, 0.2) is 5.82 Å². The third kappa shape index (κ3) is 3.96. The minimum absolute atomic E-state index is 0.0706. The highest BCUT2D eigenvalue weighted by Crippen LogP contribution is 2.29. The quantitative estimate of drug-likeness (QED) is 0.651. The van der Waals surface area contributed by atoms with Crippen molar-refractivity contribution in [2.45, 2.75) is 0 Å². The van der Waals surface area contributed by atoms with Gasteiger partial charge in [-0.3, -0.25) is 4.31 Å². The zero-order chi connectivity index (χ0) is 20.4. The van der Waals surface area contributed by atoms with Gasteiger partial charge in [0.05, 0.1) is 30.4 Å². The SMILES string of the molecule is COc1ccc(-n2nc(N3CCN(C)CCS3(=O)=O)cc2-c2ccccc2)cn1. The van der Waals surface area contributed by atoms with E-state index in [1.165, 1.54) is 4.31 Å². The lowest BCUT2D eigenvalue weighted by Crippen LogP contribution is -2.34. The molecule has 152 valence electrons. The number of ether oxygens (including phenoxy) is 1. The summed E-state index contributed by atoms with van der Waals surface area (Å²) in [5.41, 5.74) is 2.45. The monoisotopic (exact) mass is 413 g/mol. The Labute approximate surface area is 170 Å². The van der Waals surface area contributed by atoms with Crippen LogP contribution in [0, 0.1) is 0 Å². The molecule has 0 radical (unpaired) electrons. The molecule has 3 heterocycles. The minimum atomic E-state index is -3.44. The van der Waals surface area contributed by atoms with Crippen molar-refractivity contribution in [2.24, 2.45) is 0 Å². The molecule has 0 spiro atoms. The second kappa shape index (κ2) is 7.84. The van der Waals surface area contributed by atoms with Gasteiger partial charge in [-0.15, -0.1) is 5.10 Å². The molecule has 0 unspecified atom stereocenters. The molecule has 29 heavy (non-hydrogen) atoms. The molecular weight excluding hydrogens is 390 g/mol. The summed E-state index contributed by atoms with van der Waals surface area (Å²) in [4.78, 5) is 6.28. The molecule has 2 aromatic heterocycles. The van der Waals surface area contributed by atoms with Crippen LogP contribution in [0.5, 0.6) is 5.88 Å². The summed E-state index contributed by atoms with van der Waals surface area (Å²) in [6, 6.07) is 15.2. The molecule has 1 aromatic carbocycles. The molecule has 9 heteroatoms. The summed E-state index contributed by atoms with van der Waals surface area (Å²) >= 11 is 0. The molecule has 4 rings (SSSR count). The molecule has 1 fully saturated rings. The van der Waals surface area contributed by atoms with Crippen LogP contribution in [0.15, 0.2) is 54.7 Å². The Kier molecular flexibility index (Phi) is 5.25. The van der Waals surface area contributed by atoms with Crippen LogP contribution < -0.4 is 9.04 Å². The van der Waals surface area contributed by atoms with Crippen LogP contribution in [0.4, 0.5) is 5.82 Å². The maximum absolute atomic E-state index is 12.8. The number of sulfonamides is 1. The number of hydrogen-bond donors (Lipinski definition) is 0. The molecular formula is C20H23N5O3S. The van der Waals surface area contributed by atoms with E-state index in [1.807, 2.05) is 54.4 Å². The fourth-order valence-corrected chi connectivity index (χ4v) is 4.77. The zero-order valence-corrected chi connectivity index (χ0v) is 17.2. The third-order valence-electron chi connectivity index (χ3n) is 4.95. The van der Waals surface area contributed by atoms with Crippen LogP contribution in [0.3, 0.4) is 0 Å². The Morgan fingerprint density at radius 2 is 1.83 bits per heavy atom. The number of hydrogen-bond acceptors (Lipinski definition) is 6. The summed E-state index contributed by atoms with van der Waals surface area (Å²) in [5, 5.41) is 4.66. The topological polar surface area (TPSA) is 80.6 Å². The van der Waals surface area contributed by atoms with Crippen molar-refractivity contribution in [2.75, 3.05) is 43.8 Å². The van der Waals surface area contributed by atoms with Crippen molar-refractivity contribution >= 4 is 15.8 Å². The summed E-state index contributed by atoms with van der Waals surface area (Å²) in [5.74, 6) is 0.983. The highest BCUT2D eigenvalue weighted by atomic mass is 32.2. The maximum Gasteiger partial charge on any atom is 0.237 e. The van der Waals surface area contributed by atoms with Gasteiger partial charge in [0, 0.05) is 37.3 Å². The van der Waals surface area contributed by atoms with Gasteiger partial charge in [0.1, 0.15) is 0 Å². The van der Waals surface area contributed by atoms with Crippen molar-refractivity contribution < 1.29 is 13.2 Å². The number of methoxy groups -OCH3 is 1.